The van der Waals surface area contributed by atoms with Crippen LogP contribution in [0.3, 0.4) is 0 Å². The van der Waals surface area contributed by atoms with Crippen molar-refractivity contribution in [3.05, 3.63) is 66.1 Å². The fourth-order valence-electron chi connectivity index (χ4n) is 2.87. The molecule has 0 spiro atoms. The molecule has 5 aromatic rings. The maximum absolute atomic E-state index is 10.0. The van der Waals surface area contributed by atoms with E-state index in [1.165, 1.54) is 0 Å². The van der Waals surface area contributed by atoms with Crippen LogP contribution in [0.15, 0.2) is 61.1 Å². The molecule has 0 amide bonds. The second-order valence-corrected chi connectivity index (χ2v) is 6.17. The van der Waals surface area contributed by atoms with Gasteiger partial charge in [0.15, 0.2) is 17.1 Å². The minimum absolute atomic E-state index is 0.129. The van der Waals surface area contributed by atoms with Crippen LogP contribution < -0.4 is 0 Å². The van der Waals surface area contributed by atoms with Gasteiger partial charge in [0, 0.05) is 5.02 Å². The van der Waals surface area contributed by atoms with Crippen LogP contribution in [0.2, 0.25) is 5.02 Å². The summed E-state index contributed by atoms with van der Waals surface area (Å²) in [5.41, 5.74) is 2.70. The van der Waals surface area contributed by atoms with Crippen molar-refractivity contribution in [2.75, 3.05) is 0 Å². The van der Waals surface area contributed by atoms with Crippen molar-refractivity contribution in [3.63, 3.8) is 0 Å². The summed E-state index contributed by atoms with van der Waals surface area (Å²) < 4.78 is 3.30. The maximum atomic E-state index is 10.0. The highest BCUT2D eigenvalue weighted by Crippen LogP contribution is 2.28. The van der Waals surface area contributed by atoms with Crippen LogP contribution in [0.5, 0.6) is 5.75 Å². The molecule has 0 saturated carbocycles. The highest BCUT2D eigenvalue weighted by Gasteiger charge is 2.15. The van der Waals surface area contributed by atoms with Gasteiger partial charge in [0.1, 0.15) is 12.1 Å². The molecule has 1 N–H and O–H groups in total. The predicted octanol–water partition coefficient (Wildman–Crippen LogP) is 3.49. The first-order valence-electron chi connectivity index (χ1n) is 7.84. The number of rotatable bonds is 2. The van der Waals surface area contributed by atoms with Crippen LogP contribution in [-0.4, -0.2) is 34.5 Å². The van der Waals surface area contributed by atoms with E-state index in [1.54, 1.807) is 52.1 Å². The third-order valence-electron chi connectivity index (χ3n) is 4.12. The lowest BCUT2D eigenvalue weighted by molar-refractivity contribution is 0.477. The van der Waals surface area contributed by atoms with Crippen molar-refractivity contribution in [2.45, 2.75) is 0 Å². The Bertz CT molecular complexity index is 1260. The molecule has 0 aliphatic carbocycles. The van der Waals surface area contributed by atoms with E-state index in [2.05, 4.69) is 20.2 Å². The van der Waals surface area contributed by atoms with Gasteiger partial charge < -0.3 is 5.11 Å². The Morgan fingerprint density at radius 1 is 0.962 bits per heavy atom. The Balaban J connectivity index is 1.71. The van der Waals surface area contributed by atoms with Crippen LogP contribution in [-0.2, 0) is 0 Å². The number of benzene rings is 2. The van der Waals surface area contributed by atoms with Crippen LogP contribution in [0.4, 0.5) is 0 Å². The van der Waals surface area contributed by atoms with Crippen molar-refractivity contribution in [2.24, 2.45) is 0 Å². The molecule has 8 heteroatoms. The van der Waals surface area contributed by atoms with Gasteiger partial charge in [-0.1, -0.05) is 23.7 Å². The highest BCUT2D eigenvalue weighted by molar-refractivity contribution is 6.30. The number of hydrogen-bond donors (Lipinski definition) is 1. The van der Waals surface area contributed by atoms with Crippen LogP contribution in [0.25, 0.3) is 33.8 Å². The zero-order chi connectivity index (χ0) is 17.7. The maximum Gasteiger partial charge on any atom is 0.185 e. The van der Waals surface area contributed by atoms with E-state index in [9.17, 15) is 5.11 Å². The van der Waals surface area contributed by atoms with Crippen molar-refractivity contribution >= 4 is 28.3 Å². The van der Waals surface area contributed by atoms with E-state index in [0.717, 1.165) is 11.1 Å². The lowest BCUT2D eigenvalue weighted by Gasteiger charge is -2.02. The molecule has 2 aromatic carbocycles. The first-order chi connectivity index (χ1) is 12.7. The van der Waals surface area contributed by atoms with Gasteiger partial charge in [-0.15, -0.1) is 5.10 Å². The number of nitrogens with zero attached hydrogens (tertiary/aromatic N) is 6. The molecule has 0 fully saturated rings. The SMILES string of the molecule is Oc1ccccc1-c1nc2c3cnn(-c4ccc(Cl)cc4)c3ncn2n1. The molecule has 0 saturated heterocycles. The standard InChI is InChI=1S/C18H11ClN6O/c19-11-5-7-12(8-6-11)25-17-14(9-21-25)18-22-16(23-24(18)10-20-17)13-3-1-2-4-15(13)26/h1-10,26H. The quantitative estimate of drug-likeness (QED) is 0.520. The van der Waals surface area contributed by atoms with Gasteiger partial charge in [0.25, 0.3) is 0 Å². The number of para-hydroxylation sites is 1. The first kappa shape index (κ1) is 14.9. The fraction of sp³-hybridized carbons (Fsp3) is 0. The van der Waals surface area contributed by atoms with E-state index in [4.69, 9.17) is 11.6 Å². The monoisotopic (exact) mass is 362 g/mol. The molecular weight excluding hydrogens is 352 g/mol. The molecule has 3 heterocycles. The minimum atomic E-state index is 0.129. The van der Waals surface area contributed by atoms with Gasteiger partial charge in [-0.25, -0.2) is 19.2 Å². The summed E-state index contributed by atoms with van der Waals surface area (Å²) in [5.74, 6) is 0.557. The molecule has 126 valence electrons. The van der Waals surface area contributed by atoms with Crippen LogP contribution in [0.1, 0.15) is 0 Å². The van der Waals surface area contributed by atoms with Crippen molar-refractivity contribution in [3.8, 4) is 22.8 Å². The van der Waals surface area contributed by atoms with E-state index in [-0.39, 0.29) is 5.75 Å². The van der Waals surface area contributed by atoms with Gasteiger partial charge in [-0.05, 0) is 36.4 Å². The Morgan fingerprint density at radius 3 is 2.58 bits per heavy atom. The summed E-state index contributed by atoms with van der Waals surface area (Å²) in [6.07, 6.45) is 3.29. The molecule has 0 unspecified atom stereocenters. The average Bonchev–Trinajstić information content (AvgIpc) is 3.26. The Labute approximate surface area is 152 Å². The molecular formula is C18H11ClN6O. The molecule has 0 bridgehead atoms. The largest absolute Gasteiger partial charge is 0.507 e. The summed E-state index contributed by atoms with van der Waals surface area (Å²) in [6, 6.07) is 14.3. The van der Waals surface area contributed by atoms with E-state index in [0.29, 0.717) is 27.7 Å². The summed E-state index contributed by atoms with van der Waals surface area (Å²) >= 11 is 5.96. The second-order valence-electron chi connectivity index (χ2n) is 5.74. The normalized spacial score (nSPS) is 11.4. The van der Waals surface area contributed by atoms with Gasteiger partial charge in [-0.2, -0.15) is 5.10 Å². The topological polar surface area (TPSA) is 81.1 Å². The Hall–Kier alpha value is -3.45. The number of fused-ring (bicyclic) bond motifs is 3. The Morgan fingerprint density at radius 2 is 1.77 bits per heavy atom. The lowest BCUT2D eigenvalue weighted by atomic mass is 10.2. The zero-order valence-corrected chi connectivity index (χ0v) is 14.0. The molecule has 26 heavy (non-hydrogen) atoms. The molecule has 3 aromatic heterocycles. The smallest absolute Gasteiger partial charge is 0.185 e. The van der Waals surface area contributed by atoms with E-state index >= 15 is 0 Å². The Kier molecular flexibility index (Phi) is 3.16. The summed E-state index contributed by atoms with van der Waals surface area (Å²) in [5, 5.41) is 20.3. The number of aromatic hydroxyl groups is 1. The van der Waals surface area contributed by atoms with Gasteiger partial charge >= 0.3 is 0 Å². The molecule has 5 rings (SSSR count). The van der Waals surface area contributed by atoms with Gasteiger partial charge in [0.2, 0.25) is 0 Å². The number of halogens is 1. The number of phenolic OH excluding ortho intramolecular Hbond substituents is 1. The fourth-order valence-corrected chi connectivity index (χ4v) is 2.99. The zero-order valence-electron chi connectivity index (χ0n) is 13.3. The van der Waals surface area contributed by atoms with E-state index < -0.39 is 0 Å². The molecule has 0 radical (unpaired) electrons. The van der Waals surface area contributed by atoms with Crippen molar-refractivity contribution < 1.29 is 5.11 Å². The minimum Gasteiger partial charge on any atom is -0.507 e. The lowest BCUT2D eigenvalue weighted by Crippen LogP contribution is -1.98. The first-order valence-corrected chi connectivity index (χ1v) is 8.22. The van der Waals surface area contributed by atoms with Gasteiger partial charge in [-0.3, -0.25) is 0 Å². The molecule has 0 aliphatic heterocycles. The van der Waals surface area contributed by atoms with Crippen molar-refractivity contribution in [1.82, 2.24) is 29.4 Å². The van der Waals surface area contributed by atoms with Crippen molar-refractivity contribution in [1.29, 1.82) is 0 Å². The number of phenols is 1. The summed E-state index contributed by atoms with van der Waals surface area (Å²) in [6.45, 7) is 0. The third-order valence-corrected chi connectivity index (χ3v) is 4.37. The van der Waals surface area contributed by atoms with Crippen LogP contribution >= 0.6 is 11.6 Å². The second kappa shape index (κ2) is 5.53. The molecule has 0 atom stereocenters. The molecule has 0 aliphatic rings. The predicted molar refractivity (Wildman–Crippen MR) is 97.5 cm³/mol. The number of hydrogen-bond acceptors (Lipinski definition) is 5. The highest BCUT2D eigenvalue weighted by atomic mass is 35.5. The summed E-state index contributed by atoms with van der Waals surface area (Å²) in [7, 11) is 0. The average molecular weight is 363 g/mol. The van der Waals surface area contributed by atoms with Crippen LogP contribution in [0, 0.1) is 0 Å². The third kappa shape index (κ3) is 2.21. The van der Waals surface area contributed by atoms with Gasteiger partial charge in [0.05, 0.1) is 22.8 Å². The van der Waals surface area contributed by atoms with E-state index in [1.807, 2.05) is 18.2 Å². The number of aromatic nitrogens is 6. The molecule has 7 nitrogen and oxygen atoms in total. The summed E-state index contributed by atoms with van der Waals surface area (Å²) in [4.78, 5) is 9.03.